The predicted octanol–water partition coefficient (Wildman–Crippen LogP) is 4.64. The summed E-state index contributed by atoms with van der Waals surface area (Å²) in [7, 11) is 0. The quantitative estimate of drug-likeness (QED) is 0.388. The summed E-state index contributed by atoms with van der Waals surface area (Å²) in [5, 5.41) is 6.57. The Balaban J connectivity index is 1.35. The van der Waals surface area contributed by atoms with Crippen LogP contribution in [0.15, 0.2) is 59.3 Å². The Kier molecular flexibility index (Phi) is 6.54. The second-order valence-corrected chi connectivity index (χ2v) is 8.68. The van der Waals surface area contributed by atoms with Gasteiger partial charge in [-0.3, -0.25) is 9.59 Å². The monoisotopic (exact) mass is 470 g/mol. The molecule has 0 saturated carbocycles. The number of anilines is 1. The molecule has 5 rings (SSSR count). The van der Waals surface area contributed by atoms with Crippen LogP contribution in [0.4, 0.5) is 5.82 Å². The number of rotatable bonds is 8. The average Bonchev–Trinajstić information content (AvgIpc) is 3.44. The molecule has 35 heavy (non-hydrogen) atoms. The van der Waals surface area contributed by atoms with E-state index in [-0.39, 0.29) is 24.9 Å². The molecule has 1 aromatic carbocycles. The van der Waals surface area contributed by atoms with Crippen LogP contribution in [0.2, 0.25) is 0 Å². The fourth-order valence-electron chi connectivity index (χ4n) is 4.46. The van der Waals surface area contributed by atoms with Gasteiger partial charge in [0.1, 0.15) is 19.0 Å². The third kappa shape index (κ3) is 5.22. The minimum absolute atomic E-state index is 0.143. The first kappa shape index (κ1) is 22.7. The van der Waals surface area contributed by atoms with Crippen molar-refractivity contribution in [3.63, 3.8) is 0 Å². The van der Waals surface area contributed by atoms with E-state index in [1.54, 1.807) is 12.3 Å². The van der Waals surface area contributed by atoms with Crippen molar-refractivity contribution >= 4 is 17.5 Å². The van der Waals surface area contributed by atoms with E-state index in [2.05, 4.69) is 32.6 Å². The number of nitrogens with zero attached hydrogens (tertiary/aromatic N) is 2. The zero-order valence-corrected chi connectivity index (χ0v) is 19.5. The fraction of sp³-hybridized carbons (Fsp3) is 0.259. The number of hydrogen-bond acceptors (Lipinski definition) is 6. The number of aromatic nitrogens is 3. The van der Waals surface area contributed by atoms with Gasteiger partial charge in [0.15, 0.2) is 11.5 Å². The molecule has 3 aromatic heterocycles. The number of amides is 1. The predicted molar refractivity (Wildman–Crippen MR) is 130 cm³/mol. The number of carbonyl (C=O) groups excluding carboxylic acids is 2. The molecule has 1 amide bonds. The van der Waals surface area contributed by atoms with Gasteiger partial charge in [0.2, 0.25) is 0 Å². The van der Waals surface area contributed by atoms with E-state index in [0.29, 0.717) is 24.4 Å². The van der Waals surface area contributed by atoms with Crippen LogP contribution in [0.5, 0.6) is 0 Å². The molecule has 0 fully saturated rings. The first-order valence-electron chi connectivity index (χ1n) is 11.6. The number of ketones is 1. The van der Waals surface area contributed by atoms with Crippen molar-refractivity contribution in [2.24, 2.45) is 0 Å². The summed E-state index contributed by atoms with van der Waals surface area (Å²) < 4.78 is 10.5. The van der Waals surface area contributed by atoms with E-state index in [9.17, 15) is 9.59 Å². The molecule has 178 valence electrons. The normalized spacial score (nSPS) is 13.0. The summed E-state index contributed by atoms with van der Waals surface area (Å²) in [6, 6.07) is 15.6. The molecule has 1 aliphatic rings. The van der Waals surface area contributed by atoms with Gasteiger partial charge in [-0.1, -0.05) is 35.5 Å². The van der Waals surface area contributed by atoms with Gasteiger partial charge in [-0.25, -0.2) is 4.98 Å². The van der Waals surface area contributed by atoms with Crippen LogP contribution >= 0.6 is 0 Å². The van der Waals surface area contributed by atoms with Crippen molar-refractivity contribution in [2.75, 3.05) is 11.9 Å². The van der Waals surface area contributed by atoms with Crippen molar-refractivity contribution in [3.8, 4) is 11.3 Å². The van der Waals surface area contributed by atoms with E-state index >= 15 is 0 Å². The molecular formula is C27H26N4O4. The standard InChI is InChI=1S/C27H26N4O4/c1-17-12-20(35-31-17)15-34-16-25(33)30-24-14-19(10-11-28-24)27-21(13-18-6-3-2-4-7-18)26-22(29-27)8-5-9-23(26)32/h2-4,6-7,10-12,14,29H,5,8-9,13,15-16H2,1H3,(H,28,30,33). The van der Waals surface area contributed by atoms with Crippen molar-refractivity contribution in [2.45, 2.75) is 39.2 Å². The maximum Gasteiger partial charge on any atom is 0.251 e. The molecule has 8 heteroatoms. The van der Waals surface area contributed by atoms with Crippen molar-refractivity contribution in [1.29, 1.82) is 0 Å². The van der Waals surface area contributed by atoms with E-state index in [1.165, 1.54) is 0 Å². The molecule has 0 radical (unpaired) electrons. The van der Waals surface area contributed by atoms with Gasteiger partial charge in [0.05, 0.1) is 11.4 Å². The molecule has 4 aromatic rings. The molecule has 0 atom stereocenters. The number of aromatic amines is 1. The molecule has 3 heterocycles. The summed E-state index contributed by atoms with van der Waals surface area (Å²) in [4.78, 5) is 33.0. The minimum atomic E-state index is -0.323. The Hall–Kier alpha value is -4.04. The number of Topliss-reactive ketones (excluding diaryl/α,β-unsaturated/α-hetero) is 1. The molecule has 0 aliphatic heterocycles. The van der Waals surface area contributed by atoms with Gasteiger partial charge in [-0.2, -0.15) is 0 Å². The Labute approximate surface area is 202 Å². The number of pyridine rings is 1. The van der Waals surface area contributed by atoms with E-state index in [4.69, 9.17) is 9.26 Å². The third-order valence-corrected chi connectivity index (χ3v) is 5.98. The lowest BCUT2D eigenvalue weighted by molar-refractivity contribution is -0.121. The Morgan fingerprint density at radius 3 is 2.83 bits per heavy atom. The van der Waals surface area contributed by atoms with Crippen LogP contribution in [-0.4, -0.2) is 33.4 Å². The highest BCUT2D eigenvalue weighted by Gasteiger charge is 2.26. The van der Waals surface area contributed by atoms with Gasteiger partial charge in [0, 0.05) is 41.9 Å². The van der Waals surface area contributed by atoms with E-state index < -0.39 is 0 Å². The van der Waals surface area contributed by atoms with Gasteiger partial charge in [-0.15, -0.1) is 0 Å². The van der Waals surface area contributed by atoms with Crippen LogP contribution in [0, 0.1) is 6.92 Å². The summed E-state index contributed by atoms with van der Waals surface area (Å²) in [6.45, 7) is 1.84. The molecule has 2 N–H and O–H groups in total. The fourth-order valence-corrected chi connectivity index (χ4v) is 4.46. The number of hydrogen-bond donors (Lipinski definition) is 2. The van der Waals surface area contributed by atoms with Crippen LogP contribution in [0.3, 0.4) is 0 Å². The lowest BCUT2D eigenvalue weighted by Gasteiger charge is -2.12. The zero-order valence-electron chi connectivity index (χ0n) is 19.5. The van der Waals surface area contributed by atoms with E-state index in [1.807, 2.05) is 37.3 Å². The third-order valence-electron chi connectivity index (χ3n) is 5.98. The van der Waals surface area contributed by atoms with Gasteiger partial charge in [-0.05, 0) is 43.0 Å². The lowest BCUT2D eigenvalue weighted by atomic mass is 9.90. The number of aryl methyl sites for hydroxylation is 2. The highest BCUT2D eigenvalue weighted by Crippen LogP contribution is 2.35. The van der Waals surface area contributed by atoms with E-state index in [0.717, 1.165) is 52.2 Å². The van der Waals surface area contributed by atoms with Crippen LogP contribution < -0.4 is 5.32 Å². The first-order chi connectivity index (χ1) is 17.1. The Bertz CT molecular complexity index is 1360. The smallest absolute Gasteiger partial charge is 0.251 e. The highest BCUT2D eigenvalue weighted by molar-refractivity contribution is 6.01. The summed E-state index contributed by atoms with van der Waals surface area (Å²) >= 11 is 0. The molecular weight excluding hydrogens is 444 g/mol. The van der Waals surface area contributed by atoms with Gasteiger partial charge < -0.3 is 19.6 Å². The largest absolute Gasteiger partial charge is 0.364 e. The first-order valence-corrected chi connectivity index (χ1v) is 11.6. The number of carbonyl (C=O) groups is 2. The maximum atomic E-state index is 12.8. The summed E-state index contributed by atoms with van der Waals surface area (Å²) in [6.07, 6.45) is 4.56. The Morgan fingerprint density at radius 1 is 1.17 bits per heavy atom. The molecule has 8 nitrogen and oxygen atoms in total. The molecule has 0 unspecified atom stereocenters. The average molecular weight is 471 g/mol. The van der Waals surface area contributed by atoms with Crippen LogP contribution in [-0.2, 0) is 29.0 Å². The maximum absolute atomic E-state index is 12.8. The Morgan fingerprint density at radius 2 is 2.03 bits per heavy atom. The zero-order chi connectivity index (χ0) is 24.2. The van der Waals surface area contributed by atoms with Crippen molar-refractivity contribution < 1.29 is 18.8 Å². The van der Waals surface area contributed by atoms with Gasteiger partial charge >= 0.3 is 0 Å². The number of benzene rings is 1. The number of fused-ring (bicyclic) bond motifs is 1. The second-order valence-electron chi connectivity index (χ2n) is 8.68. The molecule has 0 spiro atoms. The second kappa shape index (κ2) is 10.1. The summed E-state index contributed by atoms with van der Waals surface area (Å²) in [5.41, 5.74) is 6.44. The highest BCUT2D eigenvalue weighted by atomic mass is 16.5. The lowest BCUT2D eigenvalue weighted by Crippen LogP contribution is -2.18. The SMILES string of the molecule is Cc1cc(COCC(=O)Nc2cc(-c3[nH]c4c(c3Cc3ccccc3)C(=O)CCC4)ccn2)on1. The molecule has 0 bridgehead atoms. The topological polar surface area (TPSA) is 110 Å². The number of ether oxygens (including phenoxy) is 1. The van der Waals surface area contributed by atoms with Crippen molar-refractivity contribution in [3.05, 3.63) is 88.6 Å². The number of H-pyrrole nitrogens is 1. The molecule has 0 saturated heterocycles. The van der Waals surface area contributed by atoms with Gasteiger partial charge in [0.25, 0.3) is 5.91 Å². The number of nitrogens with one attached hydrogen (secondary N) is 2. The summed E-state index contributed by atoms with van der Waals surface area (Å²) in [5.74, 6) is 0.834. The van der Waals surface area contributed by atoms with Crippen molar-refractivity contribution in [1.82, 2.24) is 15.1 Å². The van der Waals surface area contributed by atoms with Crippen LogP contribution in [0.1, 0.15) is 51.5 Å². The molecule has 1 aliphatic carbocycles. The minimum Gasteiger partial charge on any atom is -0.364 e. The van der Waals surface area contributed by atoms with Crippen LogP contribution in [0.25, 0.3) is 11.3 Å².